The third-order valence-corrected chi connectivity index (χ3v) is 3.79. The van der Waals surface area contributed by atoms with Gasteiger partial charge in [-0.2, -0.15) is 0 Å². The Morgan fingerprint density at radius 1 is 1.00 bits per heavy atom. The minimum atomic E-state index is -0.0468. The molecule has 0 atom stereocenters. The molecule has 0 saturated carbocycles. The molecule has 5 heteroatoms. The van der Waals surface area contributed by atoms with Crippen LogP contribution in [-0.4, -0.2) is 40.4 Å². The molecule has 0 saturated heterocycles. The largest absolute Gasteiger partial charge is 0.338 e. The number of anilines is 1. The summed E-state index contributed by atoms with van der Waals surface area (Å²) in [7, 11) is 0. The first-order valence-corrected chi connectivity index (χ1v) is 8.10. The van der Waals surface area contributed by atoms with E-state index in [0.29, 0.717) is 24.7 Å². The quantitative estimate of drug-likeness (QED) is 0.788. The second kappa shape index (κ2) is 8.27. The summed E-state index contributed by atoms with van der Waals surface area (Å²) in [5.41, 5.74) is 1.64. The Kier molecular flexibility index (Phi) is 6.09. The second-order valence-corrected chi connectivity index (χ2v) is 5.22. The highest BCUT2D eigenvalue weighted by molar-refractivity contribution is 5.92. The van der Waals surface area contributed by atoms with Gasteiger partial charge in [0, 0.05) is 32.4 Å². The van der Waals surface area contributed by atoms with Gasteiger partial charge in [0.15, 0.2) is 0 Å². The molecule has 0 unspecified atom stereocenters. The molecule has 2 rings (SSSR count). The summed E-state index contributed by atoms with van der Waals surface area (Å²) in [6.45, 7) is 8.85. The van der Waals surface area contributed by atoms with Crippen LogP contribution in [0.2, 0.25) is 0 Å². The van der Waals surface area contributed by atoms with Crippen LogP contribution in [0.5, 0.6) is 0 Å². The first-order chi connectivity index (χ1) is 11.2. The number of aromatic nitrogens is 2. The van der Waals surface area contributed by atoms with Gasteiger partial charge in [0.1, 0.15) is 5.69 Å². The zero-order valence-electron chi connectivity index (χ0n) is 14.1. The lowest BCUT2D eigenvalue weighted by molar-refractivity contribution is 0.0767. The average Bonchev–Trinajstić information content (AvgIpc) is 2.61. The maximum absolute atomic E-state index is 12.4. The molecule has 1 aromatic carbocycles. The molecule has 5 nitrogen and oxygen atoms in total. The van der Waals surface area contributed by atoms with Gasteiger partial charge in [-0.05, 0) is 32.4 Å². The van der Waals surface area contributed by atoms with Crippen LogP contribution in [0.1, 0.15) is 36.8 Å². The summed E-state index contributed by atoms with van der Waals surface area (Å²) in [5, 5.41) is 0. The lowest BCUT2D eigenvalue weighted by Gasteiger charge is -2.22. The van der Waals surface area contributed by atoms with Crippen molar-refractivity contribution in [3.8, 4) is 0 Å². The lowest BCUT2D eigenvalue weighted by Crippen LogP contribution is -2.32. The number of carbonyl (C=O) groups is 1. The third kappa shape index (κ3) is 4.28. The zero-order valence-corrected chi connectivity index (χ0v) is 14.1. The Labute approximate surface area is 138 Å². The summed E-state index contributed by atoms with van der Waals surface area (Å²) in [6, 6.07) is 11.9. The molecule has 0 spiro atoms. The molecule has 0 bridgehead atoms. The van der Waals surface area contributed by atoms with Gasteiger partial charge in [-0.15, -0.1) is 0 Å². The van der Waals surface area contributed by atoms with E-state index in [2.05, 4.69) is 33.9 Å². The van der Waals surface area contributed by atoms with Crippen molar-refractivity contribution in [2.24, 2.45) is 0 Å². The maximum Gasteiger partial charge on any atom is 0.272 e. The Morgan fingerprint density at radius 2 is 1.70 bits per heavy atom. The van der Waals surface area contributed by atoms with E-state index in [1.165, 1.54) is 5.56 Å². The Bertz CT molecular complexity index is 626. The molecule has 0 aliphatic heterocycles. The lowest BCUT2D eigenvalue weighted by atomic mass is 10.2. The molecule has 122 valence electrons. The van der Waals surface area contributed by atoms with Crippen LogP contribution >= 0.6 is 0 Å². The van der Waals surface area contributed by atoms with Crippen LogP contribution in [0.4, 0.5) is 5.95 Å². The van der Waals surface area contributed by atoms with Crippen molar-refractivity contribution < 1.29 is 4.79 Å². The van der Waals surface area contributed by atoms with Gasteiger partial charge in [-0.25, -0.2) is 9.97 Å². The normalized spacial score (nSPS) is 10.4. The van der Waals surface area contributed by atoms with E-state index < -0.39 is 0 Å². The second-order valence-electron chi connectivity index (χ2n) is 5.22. The van der Waals surface area contributed by atoms with Crippen LogP contribution in [0, 0.1) is 0 Å². The summed E-state index contributed by atoms with van der Waals surface area (Å²) in [4.78, 5) is 25.1. The smallest absolute Gasteiger partial charge is 0.272 e. The molecule has 23 heavy (non-hydrogen) atoms. The number of hydrogen-bond acceptors (Lipinski definition) is 4. The number of amides is 1. The third-order valence-electron chi connectivity index (χ3n) is 3.79. The Hall–Kier alpha value is -2.43. The van der Waals surface area contributed by atoms with Crippen LogP contribution < -0.4 is 4.90 Å². The molecule has 2 aromatic rings. The predicted molar refractivity (Wildman–Crippen MR) is 92.4 cm³/mol. The highest BCUT2D eigenvalue weighted by Crippen LogP contribution is 2.13. The van der Waals surface area contributed by atoms with Gasteiger partial charge in [0.2, 0.25) is 5.95 Å². The monoisotopic (exact) mass is 312 g/mol. The van der Waals surface area contributed by atoms with E-state index >= 15 is 0 Å². The van der Waals surface area contributed by atoms with Crippen molar-refractivity contribution in [1.29, 1.82) is 0 Å². The van der Waals surface area contributed by atoms with Crippen LogP contribution in [-0.2, 0) is 6.54 Å². The van der Waals surface area contributed by atoms with E-state index in [1.807, 2.05) is 32.0 Å². The van der Waals surface area contributed by atoms with Crippen molar-refractivity contribution in [3.63, 3.8) is 0 Å². The number of nitrogens with zero attached hydrogens (tertiary/aromatic N) is 4. The van der Waals surface area contributed by atoms with Gasteiger partial charge in [0.25, 0.3) is 5.91 Å². The van der Waals surface area contributed by atoms with E-state index in [1.54, 1.807) is 17.2 Å². The predicted octanol–water partition coefficient (Wildman–Crippen LogP) is 2.99. The maximum atomic E-state index is 12.4. The Morgan fingerprint density at radius 3 is 2.30 bits per heavy atom. The van der Waals surface area contributed by atoms with Gasteiger partial charge in [0.05, 0.1) is 0 Å². The van der Waals surface area contributed by atoms with Gasteiger partial charge in [-0.1, -0.05) is 30.3 Å². The highest BCUT2D eigenvalue weighted by atomic mass is 16.2. The van der Waals surface area contributed by atoms with Crippen LogP contribution in [0.3, 0.4) is 0 Å². The molecule has 0 fully saturated rings. The molecule has 0 aliphatic rings. The fourth-order valence-electron chi connectivity index (χ4n) is 2.42. The van der Waals surface area contributed by atoms with Gasteiger partial charge < -0.3 is 9.80 Å². The molecular weight excluding hydrogens is 288 g/mol. The first kappa shape index (κ1) is 16.9. The molecule has 0 N–H and O–H groups in total. The molecule has 0 aliphatic carbocycles. The molecule has 0 radical (unpaired) electrons. The SMILES string of the molecule is CCN(CC)C(=O)c1ccnc(N(CC)Cc2ccccc2)n1. The molecule has 1 amide bonds. The summed E-state index contributed by atoms with van der Waals surface area (Å²) >= 11 is 0. The Balaban J connectivity index is 2.21. The van der Waals surface area contributed by atoms with Crippen molar-refractivity contribution in [3.05, 3.63) is 53.9 Å². The summed E-state index contributed by atoms with van der Waals surface area (Å²) < 4.78 is 0. The number of rotatable bonds is 7. The van der Waals surface area contributed by atoms with Crippen molar-refractivity contribution in [2.45, 2.75) is 27.3 Å². The van der Waals surface area contributed by atoms with Crippen molar-refractivity contribution in [1.82, 2.24) is 14.9 Å². The molecule has 1 heterocycles. The van der Waals surface area contributed by atoms with Crippen LogP contribution in [0.15, 0.2) is 42.6 Å². The minimum absolute atomic E-state index is 0.0468. The standard InChI is InChI=1S/C18H24N4O/c1-4-21(5-2)17(23)16-12-13-19-18(20-16)22(6-3)14-15-10-8-7-9-11-15/h7-13H,4-6,14H2,1-3H3. The first-order valence-electron chi connectivity index (χ1n) is 8.10. The summed E-state index contributed by atoms with van der Waals surface area (Å²) in [5.74, 6) is 0.545. The fraction of sp³-hybridized carbons (Fsp3) is 0.389. The van der Waals surface area contributed by atoms with Gasteiger partial charge >= 0.3 is 0 Å². The van der Waals surface area contributed by atoms with E-state index in [-0.39, 0.29) is 5.91 Å². The number of hydrogen-bond donors (Lipinski definition) is 0. The minimum Gasteiger partial charge on any atom is -0.338 e. The van der Waals surface area contributed by atoms with E-state index in [4.69, 9.17) is 0 Å². The van der Waals surface area contributed by atoms with E-state index in [9.17, 15) is 4.79 Å². The zero-order chi connectivity index (χ0) is 16.7. The van der Waals surface area contributed by atoms with Gasteiger partial charge in [-0.3, -0.25) is 4.79 Å². The topological polar surface area (TPSA) is 49.3 Å². The average molecular weight is 312 g/mol. The van der Waals surface area contributed by atoms with Crippen molar-refractivity contribution >= 4 is 11.9 Å². The number of carbonyl (C=O) groups excluding carboxylic acids is 1. The van der Waals surface area contributed by atoms with Crippen molar-refractivity contribution in [2.75, 3.05) is 24.5 Å². The van der Waals surface area contributed by atoms with Crippen LogP contribution in [0.25, 0.3) is 0 Å². The summed E-state index contributed by atoms with van der Waals surface area (Å²) in [6.07, 6.45) is 1.66. The molecule has 1 aromatic heterocycles. The highest BCUT2D eigenvalue weighted by Gasteiger charge is 2.16. The fourth-order valence-corrected chi connectivity index (χ4v) is 2.42. The molecular formula is C18H24N4O. The number of benzene rings is 1. The van der Waals surface area contributed by atoms with E-state index in [0.717, 1.165) is 13.1 Å².